The average Bonchev–Trinajstić information content (AvgIpc) is 3.71. The van der Waals surface area contributed by atoms with Gasteiger partial charge >= 0.3 is 0 Å². The standard InChI is InChI=1S/C33H50N6O4SSi/c1-21(2)29(39-18-26(36-37-39)11-10-16-40)32(42)38-19-27(43-45(8,9)33(5,6)7)17-28(38)31(41)35-22(3)24-12-14-25(15-13-24)30-23(4)34-20-44-30/h12-15,18,20-22,27-29,40H,10-11,16-17,19H2,1-9H3,(H,35,41)/t22-,27+,28-,29-/m0/s1. The quantitative estimate of drug-likeness (QED) is 0.240. The molecule has 2 aromatic heterocycles. The normalized spacial score (nSPS) is 18.8. The highest BCUT2D eigenvalue weighted by Crippen LogP contribution is 2.39. The van der Waals surface area contributed by atoms with Crippen LogP contribution in [0, 0.1) is 12.8 Å². The molecule has 0 spiro atoms. The highest BCUT2D eigenvalue weighted by atomic mass is 32.1. The number of carbonyl (C=O) groups excluding carboxylic acids is 2. The van der Waals surface area contributed by atoms with Gasteiger partial charge in [-0.2, -0.15) is 0 Å². The molecule has 10 nitrogen and oxygen atoms in total. The van der Waals surface area contributed by atoms with Gasteiger partial charge in [0.25, 0.3) is 0 Å². The smallest absolute Gasteiger partial charge is 0.248 e. The monoisotopic (exact) mass is 654 g/mol. The first-order chi connectivity index (χ1) is 21.1. The fourth-order valence-electron chi connectivity index (χ4n) is 5.56. The molecule has 1 fully saturated rings. The van der Waals surface area contributed by atoms with E-state index in [0.29, 0.717) is 25.8 Å². The van der Waals surface area contributed by atoms with Gasteiger partial charge in [-0.15, -0.1) is 16.4 Å². The van der Waals surface area contributed by atoms with Gasteiger partial charge in [0.1, 0.15) is 12.1 Å². The highest BCUT2D eigenvalue weighted by molar-refractivity contribution is 7.13. The van der Waals surface area contributed by atoms with Gasteiger partial charge < -0.3 is 19.7 Å². The lowest BCUT2D eigenvalue weighted by Crippen LogP contribution is -2.49. The Morgan fingerprint density at radius 3 is 2.44 bits per heavy atom. The second kappa shape index (κ2) is 14.2. The summed E-state index contributed by atoms with van der Waals surface area (Å²) in [5, 5.41) is 20.9. The molecule has 0 saturated carbocycles. The van der Waals surface area contributed by atoms with Crippen molar-refractivity contribution in [3.63, 3.8) is 0 Å². The minimum atomic E-state index is -2.16. The zero-order valence-corrected chi connectivity index (χ0v) is 30.0. The summed E-state index contributed by atoms with van der Waals surface area (Å²) in [4.78, 5) is 35.5. The zero-order chi connectivity index (χ0) is 33.1. The number of aromatic nitrogens is 4. The minimum Gasteiger partial charge on any atom is -0.412 e. The van der Waals surface area contributed by atoms with Crippen LogP contribution in [0.25, 0.3) is 10.4 Å². The van der Waals surface area contributed by atoms with Crippen LogP contribution in [0.4, 0.5) is 0 Å². The number of aryl methyl sites for hydroxylation is 2. The third kappa shape index (κ3) is 8.08. The summed E-state index contributed by atoms with van der Waals surface area (Å²) >= 11 is 1.61. The third-order valence-electron chi connectivity index (χ3n) is 9.21. The van der Waals surface area contributed by atoms with Crippen molar-refractivity contribution in [3.8, 4) is 10.4 Å². The lowest BCUT2D eigenvalue weighted by Gasteiger charge is -2.38. The molecule has 4 atom stereocenters. The van der Waals surface area contributed by atoms with E-state index in [0.717, 1.165) is 27.4 Å². The van der Waals surface area contributed by atoms with E-state index in [1.165, 1.54) is 0 Å². The van der Waals surface area contributed by atoms with E-state index in [9.17, 15) is 14.7 Å². The number of aliphatic hydroxyl groups is 1. The summed E-state index contributed by atoms with van der Waals surface area (Å²) < 4.78 is 8.39. The Kier molecular flexibility index (Phi) is 11.0. The average molecular weight is 655 g/mol. The largest absolute Gasteiger partial charge is 0.412 e. The van der Waals surface area contributed by atoms with Gasteiger partial charge in [-0.05, 0) is 61.9 Å². The molecule has 1 aromatic carbocycles. The Bertz CT molecular complexity index is 1450. The first kappa shape index (κ1) is 34.9. The van der Waals surface area contributed by atoms with Crippen molar-refractivity contribution < 1.29 is 19.1 Å². The zero-order valence-electron chi connectivity index (χ0n) is 28.2. The summed E-state index contributed by atoms with van der Waals surface area (Å²) in [6, 6.07) is 6.65. The topological polar surface area (TPSA) is 122 Å². The summed E-state index contributed by atoms with van der Waals surface area (Å²) in [6.07, 6.45) is 3.13. The van der Waals surface area contributed by atoms with Crippen LogP contribution >= 0.6 is 11.3 Å². The van der Waals surface area contributed by atoms with Crippen LogP contribution in [0.1, 0.15) is 83.4 Å². The lowest BCUT2D eigenvalue weighted by atomic mass is 10.0. The van der Waals surface area contributed by atoms with Crippen molar-refractivity contribution in [1.82, 2.24) is 30.2 Å². The Hall–Kier alpha value is -2.93. The predicted molar refractivity (Wildman–Crippen MR) is 180 cm³/mol. The first-order valence-electron chi connectivity index (χ1n) is 15.9. The molecule has 3 aromatic rings. The fraction of sp³-hybridized carbons (Fsp3) is 0.606. The molecule has 0 radical (unpaired) electrons. The van der Waals surface area contributed by atoms with Crippen molar-refractivity contribution in [2.75, 3.05) is 13.2 Å². The number of hydrogen-bond donors (Lipinski definition) is 2. The molecule has 45 heavy (non-hydrogen) atoms. The van der Waals surface area contributed by atoms with Gasteiger partial charge in [-0.1, -0.05) is 64.1 Å². The minimum absolute atomic E-state index is 0.00720. The third-order valence-corrected chi connectivity index (χ3v) is 14.7. The van der Waals surface area contributed by atoms with E-state index in [1.54, 1.807) is 27.1 Å². The molecule has 1 saturated heterocycles. The van der Waals surface area contributed by atoms with E-state index in [-0.39, 0.29) is 41.5 Å². The van der Waals surface area contributed by atoms with Gasteiger partial charge in [0, 0.05) is 25.8 Å². The molecule has 1 aliphatic heterocycles. The molecule has 2 amide bonds. The van der Waals surface area contributed by atoms with Crippen LogP contribution in [-0.2, 0) is 20.4 Å². The van der Waals surface area contributed by atoms with Crippen LogP contribution in [-0.4, -0.2) is 75.4 Å². The number of nitrogens with zero attached hydrogens (tertiary/aromatic N) is 5. The first-order valence-corrected chi connectivity index (χ1v) is 19.7. The second-order valence-electron chi connectivity index (χ2n) is 14.1. The number of amides is 2. The second-order valence-corrected chi connectivity index (χ2v) is 19.7. The van der Waals surface area contributed by atoms with Crippen molar-refractivity contribution in [2.24, 2.45) is 5.92 Å². The number of likely N-dealkylation sites (tertiary alicyclic amines) is 1. The molecule has 1 aliphatic rings. The van der Waals surface area contributed by atoms with Crippen LogP contribution < -0.4 is 5.32 Å². The molecule has 2 N–H and O–H groups in total. The van der Waals surface area contributed by atoms with Crippen LogP contribution in [0.5, 0.6) is 0 Å². The van der Waals surface area contributed by atoms with E-state index in [2.05, 4.69) is 66.6 Å². The number of benzene rings is 1. The van der Waals surface area contributed by atoms with Crippen molar-refractivity contribution in [2.45, 2.75) is 110 Å². The maximum atomic E-state index is 14.3. The molecule has 246 valence electrons. The Morgan fingerprint density at radius 2 is 1.87 bits per heavy atom. The van der Waals surface area contributed by atoms with E-state index >= 15 is 0 Å². The Balaban J connectivity index is 1.57. The van der Waals surface area contributed by atoms with Crippen LogP contribution in [0.3, 0.4) is 0 Å². The summed E-state index contributed by atoms with van der Waals surface area (Å²) in [7, 11) is -2.16. The lowest BCUT2D eigenvalue weighted by molar-refractivity contribution is -0.142. The summed E-state index contributed by atoms with van der Waals surface area (Å²) in [5.41, 5.74) is 5.66. The molecule has 3 heterocycles. The maximum absolute atomic E-state index is 14.3. The number of thiazole rings is 1. The molecular formula is C33H50N6O4SSi. The number of aliphatic hydroxyl groups excluding tert-OH is 1. The van der Waals surface area contributed by atoms with E-state index in [1.807, 2.05) is 45.3 Å². The summed E-state index contributed by atoms with van der Waals surface area (Å²) in [6.45, 7) is 19.3. The summed E-state index contributed by atoms with van der Waals surface area (Å²) in [5.74, 6) is -0.445. The van der Waals surface area contributed by atoms with Crippen LogP contribution in [0.15, 0.2) is 36.0 Å². The van der Waals surface area contributed by atoms with Gasteiger partial charge in [0.05, 0.1) is 33.9 Å². The number of carbonyl (C=O) groups is 2. The maximum Gasteiger partial charge on any atom is 0.248 e. The van der Waals surface area contributed by atoms with E-state index in [4.69, 9.17) is 4.43 Å². The molecule has 12 heteroatoms. The highest BCUT2D eigenvalue weighted by Gasteiger charge is 2.47. The van der Waals surface area contributed by atoms with Gasteiger partial charge in [-0.25, -0.2) is 9.67 Å². The van der Waals surface area contributed by atoms with Gasteiger partial charge in [0.2, 0.25) is 11.8 Å². The molecular weight excluding hydrogens is 605 g/mol. The predicted octanol–water partition coefficient (Wildman–Crippen LogP) is 5.70. The van der Waals surface area contributed by atoms with Crippen LogP contribution in [0.2, 0.25) is 18.1 Å². The van der Waals surface area contributed by atoms with E-state index < -0.39 is 20.4 Å². The van der Waals surface area contributed by atoms with Crippen molar-refractivity contribution in [3.05, 3.63) is 52.9 Å². The number of nitrogens with one attached hydrogen (secondary N) is 1. The number of rotatable bonds is 12. The molecule has 0 bridgehead atoms. The molecule has 0 aliphatic carbocycles. The Labute approximate surface area is 272 Å². The van der Waals surface area contributed by atoms with Gasteiger partial charge in [-0.3, -0.25) is 9.59 Å². The Morgan fingerprint density at radius 1 is 1.18 bits per heavy atom. The molecule has 4 rings (SSSR count). The van der Waals surface area contributed by atoms with Crippen molar-refractivity contribution >= 4 is 31.5 Å². The number of hydrogen-bond acceptors (Lipinski definition) is 8. The van der Waals surface area contributed by atoms with Crippen molar-refractivity contribution in [1.29, 1.82) is 0 Å². The SMILES string of the molecule is Cc1ncsc1-c1ccc([C@H](C)NC(=O)[C@@H]2C[C@@H](O[Si](C)(C)C(C)(C)C)CN2C(=O)[C@H](C(C)C)n2cc(CCCO)nn2)cc1. The molecule has 0 unspecified atom stereocenters. The fourth-order valence-corrected chi connectivity index (χ4v) is 7.73. The van der Waals surface area contributed by atoms with Gasteiger partial charge in [0.15, 0.2) is 8.32 Å².